The van der Waals surface area contributed by atoms with Crippen molar-refractivity contribution in [3.8, 4) is 11.3 Å². The smallest absolute Gasteiger partial charge is 0.407 e. The van der Waals surface area contributed by atoms with Gasteiger partial charge in [0, 0.05) is 65.1 Å². The number of fused-ring (bicyclic) bond motifs is 2. The number of nitrogens with two attached hydrogens (primary N) is 1. The topological polar surface area (TPSA) is 131 Å². The zero-order valence-electron chi connectivity index (χ0n) is 22.5. The van der Waals surface area contributed by atoms with Gasteiger partial charge in [0.15, 0.2) is 0 Å². The number of alkyl carbamates (subject to hydrolysis) is 1. The third-order valence-electron chi connectivity index (χ3n) is 6.43. The molecule has 3 aromatic heterocycles. The summed E-state index contributed by atoms with van der Waals surface area (Å²) in [6, 6.07) is 16.1. The largest absolute Gasteiger partial charge is 0.444 e. The molecule has 1 amide bonds. The summed E-state index contributed by atoms with van der Waals surface area (Å²) in [4.78, 5) is 19.7. The summed E-state index contributed by atoms with van der Waals surface area (Å²) in [7, 11) is 0. The molecule has 2 aromatic carbocycles. The number of H-pyrrole nitrogens is 1. The van der Waals surface area contributed by atoms with E-state index in [-0.39, 0.29) is 6.04 Å². The minimum absolute atomic E-state index is 0.154. The SMILES string of the molecule is CC(C)(C)OC(=O)NCCc1c(-c2ccc3cnccc3c2)noc1NC[C@H](N)Cc1c[nH]c2ccccc12. The number of aromatic amines is 1. The van der Waals surface area contributed by atoms with Crippen LogP contribution in [0.3, 0.4) is 0 Å². The molecule has 3 heterocycles. The Hall–Kier alpha value is -4.37. The molecule has 0 bridgehead atoms. The maximum atomic E-state index is 12.2. The third-order valence-corrected chi connectivity index (χ3v) is 6.43. The average molecular weight is 527 g/mol. The Morgan fingerprint density at radius 3 is 2.85 bits per heavy atom. The molecule has 39 heavy (non-hydrogen) atoms. The van der Waals surface area contributed by atoms with E-state index in [2.05, 4.69) is 44.0 Å². The number of amides is 1. The number of carbonyl (C=O) groups is 1. The van der Waals surface area contributed by atoms with Crippen LogP contribution in [0.5, 0.6) is 0 Å². The van der Waals surface area contributed by atoms with Crippen LogP contribution in [-0.2, 0) is 17.6 Å². The van der Waals surface area contributed by atoms with Gasteiger partial charge in [-0.25, -0.2) is 4.79 Å². The number of rotatable bonds is 9. The molecular formula is C30H34N6O3. The van der Waals surface area contributed by atoms with Crippen molar-refractivity contribution in [2.24, 2.45) is 5.73 Å². The first-order chi connectivity index (χ1) is 18.8. The number of pyridine rings is 1. The van der Waals surface area contributed by atoms with Gasteiger partial charge in [0.05, 0.1) is 0 Å². The molecule has 0 spiro atoms. The number of hydrogen-bond donors (Lipinski definition) is 4. The first-order valence-electron chi connectivity index (χ1n) is 13.1. The van der Waals surface area contributed by atoms with Gasteiger partial charge in [0.2, 0.25) is 5.88 Å². The van der Waals surface area contributed by atoms with Crippen LogP contribution in [0.4, 0.5) is 10.7 Å². The maximum absolute atomic E-state index is 12.2. The molecule has 0 fully saturated rings. The molecule has 0 aliphatic heterocycles. The van der Waals surface area contributed by atoms with Crippen molar-refractivity contribution in [3.05, 3.63) is 78.2 Å². The normalized spacial score (nSPS) is 12.5. The number of anilines is 1. The van der Waals surface area contributed by atoms with E-state index in [0.717, 1.165) is 27.4 Å². The quantitative estimate of drug-likeness (QED) is 0.202. The van der Waals surface area contributed by atoms with Gasteiger partial charge >= 0.3 is 6.09 Å². The molecule has 0 aliphatic carbocycles. The van der Waals surface area contributed by atoms with E-state index in [1.54, 1.807) is 6.20 Å². The highest BCUT2D eigenvalue weighted by molar-refractivity contribution is 5.87. The van der Waals surface area contributed by atoms with E-state index in [0.29, 0.717) is 37.5 Å². The highest BCUT2D eigenvalue weighted by Crippen LogP contribution is 2.31. The molecule has 5 rings (SSSR count). The Morgan fingerprint density at radius 2 is 2.00 bits per heavy atom. The van der Waals surface area contributed by atoms with Gasteiger partial charge in [-0.05, 0) is 62.8 Å². The number of nitrogens with one attached hydrogen (secondary N) is 3. The van der Waals surface area contributed by atoms with Crippen molar-refractivity contribution in [2.45, 2.75) is 45.3 Å². The summed E-state index contributed by atoms with van der Waals surface area (Å²) in [5.74, 6) is 0.542. The number of nitrogens with zero attached hydrogens (tertiary/aromatic N) is 2. The van der Waals surface area contributed by atoms with Crippen LogP contribution in [0.25, 0.3) is 32.9 Å². The van der Waals surface area contributed by atoms with Gasteiger partial charge < -0.3 is 30.6 Å². The summed E-state index contributed by atoms with van der Waals surface area (Å²) in [5.41, 5.74) is 10.7. The van der Waals surface area contributed by atoms with Crippen LogP contribution in [0.2, 0.25) is 0 Å². The molecule has 202 valence electrons. The summed E-state index contributed by atoms with van der Waals surface area (Å²) >= 11 is 0. The van der Waals surface area contributed by atoms with Crippen molar-refractivity contribution in [2.75, 3.05) is 18.4 Å². The molecule has 9 nitrogen and oxygen atoms in total. The van der Waals surface area contributed by atoms with Gasteiger partial charge in [-0.15, -0.1) is 0 Å². The Balaban J connectivity index is 1.33. The lowest BCUT2D eigenvalue weighted by Crippen LogP contribution is -2.33. The fourth-order valence-electron chi connectivity index (χ4n) is 4.62. The molecule has 0 aliphatic rings. The average Bonchev–Trinajstić information content (AvgIpc) is 3.50. The maximum Gasteiger partial charge on any atom is 0.407 e. The van der Waals surface area contributed by atoms with Crippen LogP contribution < -0.4 is 16.4 Å². The molecule has 0 unspecified atom stereocenters. The van der Waals surface area contributed by atoms with Crippen molar-refractivity contribution in [1.82, 2.24) is 20.4 Å². The zero-order valence-corrected chi connectivity index (χ0v) is 22.5. The van der Waals surface area contributed by atoms with Crippen LogP contribution >= 0.6 is 0 Å². The third kappa shape index (κ3) is 6.38. The monoisotopic (exact) mass is 526 g/mol. The number of carbonyl (C=O) groups excluding carboxylic acids is 1. The Bertz CT molecular complexity index is 1580. The lowest BCUT2D eigenvalue weighted by atomic mass is 10.0. The first kappa shape index (κ1) is 26.2. The second-order valence-electron chi connectivity index (χ2n) is 10.7. The van der Waals surface area contributed by atoms with Gasteiger partial charge in [-0.1, -0.05) is 35.5 Å². The van der Waals surface area contributed by atoms with Crippen molar-refractivity contribution in [1.29, 1.82) is 0 Å². The molecule has 1 atom stereocenters. The van der Waals surface area contributed by atoms with Crippen molar-refractivity contribution in [3.63, 3.8) is 0 Å². The van der Waals surface area contributed by atoms with Gasteiger partial charge in [0.25, 0.3) is 0 Å². The zero-order chi connectivity index (χ0) is 27.4. The Kier molecular flexibility index (Phi) is 7.51. The van der Waals surface area contributed by atoms with E-state index in [1.165, 1.54) is 10.9 Å². The van der Waals surface area contributed by atoms with Crippen LogP contribution in [-0.4, -0.2) is 46.0 Å². The van der Waals surface area contributed by atoms with E-state index < -0.39 is 11.7 Å². The number of para-hydroxylation sites is 1. The minimum Gasteiger partial charge on any atom is -0.444 e. The number of aromatic nitrogens is 3. The summed E-state index contributed by atoms with van der Waals surface area (Å²) < 4.78 is 11.2. The molecule has 0 saturated carbocycles. The second-order valence-corrected chi connectivity index (χ2v) is 10.7. The van der Waals surface area contributed by atoms with Crippen molar-refractivity contribution >= 4 is 33.7 Å². The van der Waals surface area contributed by atoms with E-state index in [1.807, 2.05) is 63.5 Å². The van der Waals surface area contributed by atoms with Gasteiger partial charge in [0.1, 0.15) is 11.3 Å². The number of benzene rings is 2. The molecule has 5 aromatic rings. The van der Waals surface area contributed by atoms with Gasteiger partial charge in [-0.2, -0.15) is 0 Å². The van der Waals surface area contributed by atoms with E-state index in [9.17, 15) is 4.79 Å². The lowest BCUT2D eigenvalue weighted by Gasteiger charge is -2.19. The standard InChI is InChI=1S/C30H34N6O3/c1-30(2,3)38-29(37)33-13-11-25-27(20-8-9-21-16-32-12-10-19(21)14-20)36-39-28(25)35-18-23(31)15-22-17-34-26-7-5-4-6-24(22)26/h4-10,12,14,16-17,23,34-35H,11,13,15,18,31H2,1-3H3,(H,33,37)/t23-/m1/s1. The van der Waals surface area contributed by atoms with Crippen LogP contribution in [0.15, 0.2) is 71.6 Å². The number of ether oxygens (including phenoxy) is 1. The second kappa shape index (κ2) is 11.2. The summed E-state index contributed by atoms with van der Waals surface area (Å²) in [5, 5.41) is 13.9. The fourth-order valence-corrected chi connectivity index (χ4v) is 4.62. The fraction of sp³-hybridized carbons (Fsp3) is 0.300. The minimum atomic E-state index is -0.569. The molecule has 5 N–H and O–H groups in total. The Morgan fingerprint density at radius 1 is 1.15 bits per heavy atom. The highest BCUT2D eigenvalue weighted by atomic mass is 16.6. The molecular weight excluding hydrogens is 492 g/mol. The predicted octanol–water partition coefficient (Wildman–Crippen LogP) is 5.42. The van der Waals surface area contributed by atoms with Crippen LogP contribution in [0, 0.1) is 0 Å². The lowest BCUT2D eigenvalue weighted by molar-refractivity contribution is 0.0528. The summed E-state index contributed by atoms with van der Waals surface area (Å²) in [6.07, 6.45) is 6.34. The van der Waals surface area contributed by atoms with Crippen molar-refractivity contribution < 1.29 is 14.1 Å². The molecule has 0 saturated heterocycles. The number of hydrogen-bond acceptors (Lipinski definition) is 7. The summed E-state index contributed by atoms with van der Waals surface area (Å²) in [6.45, 7) is 6.35. The van der Waals surface area contributed by atoms with Crippen LogP contribution in [0.1, 0.15) is 31.9 Å². The van der Waals surface area contributed by atoms with Gasteiger partial charge in [-0.3, -0.25) is 4.98 Å². The van der Waals surface area contributed by atoms with E-state index >= 15 is 0 Å². The highest BCUT2D eigenvalue weighted by Gasteiger charge is 2.20. The van der Waals surface area contributed by atoms with E-state index in [4.69, 9.17) is 15.0 Å². The first-order valence-corrected chi connectivity index (χ1v) is 13.1. The predicted molar refractivity (Wildman–Crippen MR) is 154 cm³/mol. The molecule has 9 heteroatoms. The Labute approximate surface area is 227 Å². The molecule has 0 radical (unpaired) electrons.